The molecule has 2 fully saturated rings. The van der Waals surface area contributed by atoms with Gasteiger partial charge in [-0.2, -0.15) is 0 Å². The molecule has 132 valence electrons. The Bertz CT molecular complexity index is 570. The summed E-state index contributed by atoms with van der Waals surface area (Å²) in [4.78, 5) is 17.4. The topological polar surface area (TPSA) is 53.0 Å². The summed E-state index contributed by atoms with van der Waals surface area (Å²) < 4.78 is 5.40. The molecule has 1 atom stereocenters. The molecule has 1 unspecified atom stereocenters. The molecular weight excluding hydrogens is 304 g/mol. The van der Waals surface area contributed by atoms with Crippen LogP contribution in [0.5, 0.6) is 5.75 Å². The maximum atomic E-state index is 12.9. The van der Waals surface area contributed by atoms with E-state index in [1.807, 2.05) is 24.0 Å². The van der Waals surface area contributed by atoms with Gasteiger partial charge in [0.05, 0.1) is 13.2 Å². The standard InChI is InChI=1S/C19H28N2O3/c1-15-5-6-16(14-18(15)22)19(23)21-8-3-2-4-17(21)7-9-20-10-12-24-13-11-20/h5-6,14,17,22H,2-4,7-13H2,1H3. The molecule has 0 saturated carbocycles. The minimum Gasteiger partial charge on any atom is -0.508 e. The van der Waals surface area contributed by atoms with E-state index in [9.17, 15) is 9.90 Å². The van der Waals surface area contributed by atoms with Gasteiger partial charge >= 0.3 is 0 Å². The quantitative estimate of drug-likeness (QED) is 0.920. The van der Waals surface area contributed by atoms with Gasteiger partial charge in [0.15, 0.2) is 0 Å². The average Bonchev–Trinajstić information content (AvgIpc) is 2.63. The summed E-state index contributed by atoms with van der Waals surface area (Å²) in [6.07, 6.45) is 4.35. The van der Waals surface area contributed by atoms with E-state index in [4.69, 9.17) is 4.74 Å². The van der Waals surface area contributed by atoms with E-state index in [0.29, 0.717) is 11.6 Å². The van der Waals surface area contributed by atoms with Crippen molar-refractivity contribution < 1.29 is 14.6 Å². The van der Waals surface area contributed by atoms with Crippen molar-refractivity contribution in [3.05, 3.63) is 29.3 Å². The first-order chi connectivity index (χ1) is 11.6. The second kappa shape index (κ2) is 7.99. The molecule has 2 aliphatic rings. The molecule has 0 aromatic heterocycles. The molecule has 2 heterocycles. The van der Waals surface area contributed by atoms with Crippen molar-refractivity contribution in [2.75, 3.05) is 39.4 Å². The van der Waals surface area contributed by atoms with Crippen LogP contribution in [0.2, 0.25) is 0 Å². The van der Waals surface area contributed by atoms with Crippen LogP contribution in [0.3, 0.4) is 0 Å². The van der Waals surface area contributed by atoms with Crippen LogP contribution in [0.4, 0.5) is 0 Å². The van der Waals surface area contributed by atoms with Crippen molar-refractivity contribution in [1.29, 1.82) is 0 Å². The van der Waals surface area contributed by atoms with Gasteiger partial charge in [0.25, 0.3) is 5.91 Å². The Morgan fingerprint density at radius 1 is 1.25 bits per heavy atom. The van der Waals surface area contributed by atoms with Crippen LogP contribution in [0.1, 0.15) is 41.6 Å². The molecule has 5 nitrogen and oxygen atoms in total. The van der Waals surface area contributed by atoms with E-state index in [-0.39, 0.29) is 11.7 Å². The number of hydrogen-bond acceptors (Lipinski definition) is 4. The highest BCUT2D eigenvalue weighted by atomic mass is 16.5. The summed E-state index contributed by atoms with van der Waals surface area (Å²) in [6, 6.07) is 5.54. The number of phenolic OH excluding ortho intramolecular Hbond substituents is 1. The minimum atomic E-state index is 0.0528. The highest BCUT2D eigenvalue weighted by molar-refractivity contribution is 5.95. The predicted octanol–water partition coefficient (Wildman–Crippen LogP) is 2.42. The van der Waals surface area contributed by atoms with Crippen LogP contribution in [0.25, 0.3) is 0 Å². The fourth-order valence-electron chi connectivity index (χ4n) is 3.63. The number of ether oxygens (including phenoxy) is 1. The first-order valence-electron chi connectivity index (χ1n) is 9.06. The molecule has 5 heteroatoms. The molecule has 0 spiro atoms. The third-order valence-electron chi connectivity index (χ3n) is 5.23. The normalized spacial score (nSPS) is 22.5. The number of aryl methyl sites for hydroxylation is 1. The molecule has 24 heavy (non-hydrogen) atoms. The van der Waals surface area contributed by atoms with Crippen LogP contribution < -0.4 is 0 Å². The number of hydrogen-bond donors (Lipinski definition) is 1. The van der Waals surface area contributed by atoms with Crippen molar-refractivity contribution >= 4 is 5.91 Å². The van der Waals surface area contributed by atoms with Gasteiger partial charge in [0, 0.05) is 37.8 Å². The first-order valence-corrected chi connectivity index (χ1v) is 9.06. The summed E-state index contributed by atoms with van der Waals surface area (Å²) in [7, 11) is 0. The Hall–Kier alpha value is -1.59. The molecule has 3 rings (SSSR count). The second-order valence-corrected chi connectivity index (χ2v) is 6.89. The number of nitrogens with zero attached hydrogens (tertiary/aromatic N) is 2. The lowest BCUT2D eigenvalue weighted by Crippen LogP contribution is -2.46. The lowest BCUT2D eigenvalue weighted by Gasteiger charge is -2.37. The van der Waals surface area contributed by atoms with Gasteiger partial charge in [0.1, 0.15) is 5.75 Å². The second-order valence-electron chi connectivity index (χ2n) is 6.89. The van der Waals surface area contributed by atoms with E-state index < -0.39 is 0 Å². The first kappa shape index (κ1) is 17.2. The maximum Gasteiger partial charge on any atom is 0.254 e. The molecule has 1 N–H and O–H groups in total. The van der Waals surface area contributed by atoms with Crippen molar-refractivity contribution in [3.8, 4) is 5.75 Å². The molecule has 1 aromatic carbocycles. The summed E-state index contributed by atoms with van der Waals surface area (Å²) >= 11 is 0. The SMILES string of the molecule is Cc1ccc(C(=O)N2CCCCC2CCN2CCOCC2)cc1O. The zero-order chi connectivity index (χ0) is 16.9. The number of amides is 1. The number of carbonyl (C=O) groups excluding carboxylic acids is 1. The summed E-state index contributed by atoms with van der Waals surface area (Å²) in [5, 5.41) is 9.90. The van der Waals surface area contributed by atoms with Crippen molar-refractivity contribution in [1.82, 2.24) is 9.80 Å². The van der Waals surface area contributed by atoms with Crippen LogP contribution in [-0.2, 0) is 4.74 Å². The Morgan fingerprint density at radius 2 is 2.04 bits per heavy atom. The zero-order valence-corrected chi connectivity index (χ0v) is 14.5. The summed E-state index contributed by atoms with van der Waals surface area (Å²) in [5.41, 5.74) is 1.39. The van der Waals surface area contributed by atoms with E-state index in [1.165, 1.54) is 6.42 Å². The number of rotatable bonds is 4. The molecular formula is C19H28N2O3. The van der Waals surface area contributed by atoms with E-state index in [0.717, 1.165) is 64.2 Å². The lowest BCUT2D eigenvalue weighted by atomic mass is 9.97. The minimum absolute atomic E-state index is 0.0528. The van der Waals surface area contributed by atoms with Gasteiger partial charge < -0.3 is 14.7 Å². The van der Waals surface area contributed by atoms with Gasteiger partial charge in [-0.1, -0.05) is 6.07 Å². The average molecular weight is 332 g/mol. The van der Waals surface area contributed by atoms with Gasteiger partial charge in [0.2, 0.25) is 0 Å². The van der Waals surface area contributed by atoms with Crippen molar-refractivity contribution in [2.45, 2.75) is 38.6 Å². The number of aromatic hydroxyl groups is 1. The highest BCUT2D eigenvalue weighted by Gasteiger charge is 2.28. The van der Waals surface area contributed by atoms with Crippen molar-refractivity contribution in [3.63, 3.8) is 0 Å². The third kappa shape index (κ3) is 4.08. The molecule has 0 aliphatic carbocycles. The van der Waals surface area contributed by atoms with Gasteiger partial charge in [-0.05, 0) is 50.3 Å². The Morgan fingerprint density at radius 3 is 2.79 bits per heavy atom. The fourth-order valence-corrected chi connectivity index (χ4v) is 3.63. The molecule has 1 aromatic rings. The fraction of sp³-hybridized carbons (Fsp3) is 0.632. The van der Waals surface area contributed by atoms with Crippen LogP contribution in [-0.4, -0.2) is 66.2 Å². The van der Waals surface area contributed by atoms with Crippen molar-refractivity contribution in [2.24, 2.45) is 0 Å². The highest BCUT2D eigenvalue weighted by Crippen LogP contribution is 2.25. The predicted molar refractivity (Wildman–Crippen MR) is 93.4 cm³/mol. The lowest BCUT2D eigenvalue weighted by molar-refractivity contribution is 0.0295. The van der Waals surface area contributed by atoms with Gasteiger partial charge in [-0.3, -0.25) is 9.69 Å². The summed E-state index contributed by atoms with van der Waals surface area (Å²) in [5.74, 6) is 0.250. The van der Waals surface area contributed by atoms with E-state index >= 15 is 0 Å². The van der Waals surface area contributed by atoms with E-state index in [1.54, 1.807) is 6.07 Å². The molecule has 2 saturated heterocycles. The van der Waals surface area contributed by atoms with Crippen LogP contribution >= 0.6 is 0 Å². The third-order valence-corrected chi connectivity index (χ3v) is 5.23. The maximum absolute atomic E-state index is 12.9. The monoisotopic (exact) mass is 332 g/mol. The Kier molecular flexibility index (Phi) is 5.74. The smallest absolute Gasteiger partial charge is 0.254 e. The van der Waals surface area contributed by atoms with E-state index in [2.05, 4.69) is 4.90 Å². The largest absolute Gasteiger partial charge is 0.508 e. The zero-order valence-electron chi connectivity index (χ0n) is 14.5. The number of likely N-dealkylation sites (tertiary alicyclic amines) is 1. The van der Waals surface area contributed by atoms with Crippen LogP contribution in [0, 0.1) is 6.92 Å². The molecule has 2 aliphatic heterocycles. The van der Waals surface area contributed by atoms with Crippen LogP contribution in [0.15, 0.2) is 18.2 Å². The summed E-state index contributed by atoms with van der Waals surface area (Å²) in [6.45, 7) is 7.30. The number of benzene rings is 1. The Labute approximate surface area is 144 Å². The number of carbonyl (C=O) groups is 1. The van der Waals surface area contributed by atoms with Gasteiger partial charge in [-0.25, -0.2) is 0 Å². The van der Waals surface area contributed by atoms with Gasteiger partial charge in [-0.15, -0.1) is 0 Å². The number of morpholine rings is 1. The Balaban J connectivity index is 1.64. The molecule has 0 bridgehead atoms. The number of phenols is 1. The molecule has 1 amide bonds. The number of piperidine rings is 1. The molecule has 0 radical (unpaired) electrons.